The van der Waals surface area contributed by atoms with Crippen LogP contribution in [0.3, 0.4) is 0 Å². The zero-order chi connectivity index (χ0) is 18.5. The summed E-state index contributed by atoms with van der Waals surface area (Å²) in [5.41, 5.74) is 1.18. The summed E-state index contributed by atoms with van der Waals surface area (Å²) in [7, 11) is 0. The Balaban J connectivity index is 1.62. The van der Waals surface area contributed by atoms with E-state index in [2.05, 4.69) is 15.7 Å². The number of halogens is 2. The number of rotatable bonds is 5. The first-order valence-corrected chi connectivity index (χ1v) is 8.42. The Morgan fingerprint density at radius 2 is 1.46 bits per heavy atom. The minimum atomic E-state index is -0.414. The third kappa shape index (κ3) is 4.41. The van der Waals surface area contributed by atoms with Gasteiger partial charge in [0.15, 0.2) is 5.69 Å². The number of anilines is 2. The van der Waals surface area contributed by atoms with E-state index < -0.39 is 5.91 Å². The molecule has 8 heteroatoms. The molecule has 26 heavy (non-hydrogen) atoms. The molecule has 0 spiro atoms. The number of hydrogen-bond donors (Lipinski definition) is 2. The molecular formula is C18H14Cl2N4O2. The molecule has 0 bridgehead atoms. The Morgan fingerprint density at radius 1 is 0.885 bits per heavy atom. The van der Waals surface area contributed by atoms with Crippen LogP contribution in [0.2, 0.25) is 10.0 Å². The molecule has 0 saturated carbocycles. The van der Waals surface area contributed by atoms with Gasteiger partial charge in [0.2, 0.25) is 5.91 Å². The summed E-state index contributed by atoms with van der Waals surface area (Å²) in [6.45, 7) is -0.0510. The van der Waals surface area contributed by atoms with Gasteiger partial charge in [0.25, 0.3) is 5.91 Å². The number of benzene rings is 2. The van der Waals surface area contributed by atoms with Gasteiger partial charge in [-0.05, 0) is 30.3 Å². The second kappa shape index (κ2) is 8.03. The minimum Gasteiger partial charge on any atom is -0.323 e. The minimum absolute atomic E-state index is 0.0510. The highest BCUT2D eigenvalue weighted by Gasteiger charge is 2.13. The summed E-state index contributed by atoms with van der Waals surface area (Å²) in [5.74, 6) is -0.720. The topological polar surface area (TPSA) is 76.0 Å². The fourth-order valence-corrected chi connectivity index (χ4v) is 2.59. The fourth-order valence-electron chi connectivity index (χ4n) is 2.22. The number of hydrogen-bond acceptors (Lipinski definition) is 3. The summed E-state index contributed by atoms with van der Waals surface area (Å²) in [4.78, 5) is 24.3. The quantitative estimate of drug-likeness (QED) is 0.691. The van der Waals surface area contributed by atoms with Crippen LogP contribution in [-0.4, -0.2) is 21.6 Å². The highest BCUT2D eigenvalue weighted by molar-refractivity contribution is 6.34. The number of nitrogens with zero attached hydrogens (tertiary/aromatic N) is 2. The fraction of sp³-hybridized carbons (Fsp3) is 0.0556. The number of amides is 2. The van der Waals surface area contributed by atoms with E-state index in [1.54, 1.807) is 54.7 Å². The molecule has 6 nitrogen and oxygen atoms in total. The van der Waals surface area contributed by atoms with E-state index in [9.17, 15) is 9.59 Å². The Labute approximate surface area is 159 Å². The summed E-state index contributed by atoms with van der Waals surface area (Å²) in [5, 5.41) is 10.4. The van der Waals surface area contributed by atoms with Gasteiger partial charge in [0, 0.05) is 6.20 Å². The molecule has 0 aliphatic rings. The molecule has 0 saturated heterocycles. The highest BCUT2D eigenvalue weighted by atomic mass is 35.5. The van der Waals surface area contributed by atoms with Gasteiger partial charge in [-0.1, -0.05) is 47.5 Å². The maximum absolute atomic E-state index is 12.2. The molecule has 0 aliphatic carbocycles. The Kier molecular flexibility index (Phi) is 5.55. The molecule has 2 N–H and O–H groups in total. The first-order valence-electron chi connectivity index (χ1n) is 7.66. The predicted molar refractivity (Wildman–Crippen MR) is 102 cm³/mol. The van der Waals surface area contributed by atoms with Crippen LogP contribution < -0.4 is 10.6 Å². The number of carbonyl (C=O) groups excluding carboxylic acids is 2. The van der Waals surface area contributed by atoms with Crippen LogP contribution in [0.25, 0.3) is 0 Å². The van der Waals surface area contributed by atoms with Crippen LogP contribution in [0.1, 0.15) is 10.5 Å². The molecule has 3 aromatic rings. The van der Waals surface area contributed by atoms with Crippen molar-refractivity contribution in [1.29, 1.82) is 0 Å². The van der Waals surface area contributed by atoms with Crippen molar-refractivity contribution in [3.8, 4) is 0 Å². The van der Waals surface area contributed by atoms with Gasteiger partial charge < -0.3 is 10.6 Å². The first kappa shape index (κ1) is 18.0. The molecule has 0 radical (unpaired) electrons. The van der Waals surface area contributed by atoms with Crippen molar-refractivity contribution in [2.75, 3.05) is 10.6 Å². The lowest BCUT2D eigenvalue weighted by Crippen LogP contribution is -2.20. The number of para-hydroxylation sites is 2. The summed E-state index contributed by atoms with van der Waals surface area (Å²) in [6.07, 6.45) is 1.55. The second-order valence-corrected chi connectivity index (χ2v) is 6.17. The number of nitrogens with one attached hydrogen (secondary N) is 2. The Morgan fingerprint density at radius 3 is 2.08 bits per heavy atom. The molecule has 132 valence electrons. The second-order valence-electron chi connectivity index (χ2n) is 5.36. The lowest BCUT2D eigenvalue weighted by atomic mass is 10.3. The van der Waals surface area contributed by atoms with Crippen molar-refractivity contribution in [2.45, 2.75) is 6.54 Å². The van der Waals surface area contributed by atoms with Crippen molar-refractivity contribution >= 4 is 46.4 Å². The third-order valence-corrected chi connectivity index (χ3v) is 4.11. The molecule has 1 aromatic heterocycles. The molecule has 3 rings (SSSR count). The molecule has 2 aromatic carbocycles. The average Bonchev–Trinajstić information content (AvgIpc) is 3.07. The van der Waals surface area contributed by atoms with E-state index in [0.717, 1.165) is 0 Å². The average molecular weight is 389 g/mol. The van der Waals surface area contributed by atoms with Crippen molar-refractivity contribution in [1.82, 2.24) is 9.78 Å². The maximum Gasteiger partial charge on any atom is 0.276 e. The van der Waals surface area contributed by atoms with Gasteiger partial charge in [-0.15, -0.1) is 0 Å². The smallest absolute Gasteiger partial charge is 0.276 e. The highest BCUT2D eigenvalue weighted by Crippen LogP contribution is 2.21. The summed E-state index contributed by atoms with van der Waals surface area (Å²) < 4.78 is 1.37. The normalized spacial score (nSPS) is 10.4. The van der Waals surface area contributed by atoms with E-state index >= 15 is 0 Å². The first-order chi connectivity index (χ1) is 12.5. The number of aromatic nitrogens is 2. The molecule has 0 fully saturated rings. The van der Waals surface area contributed by atoms with Crippen molar-refractivity contribution in [2.24, 2.45) is 0 Å². The van der Waals surface area contributed by atoms with Crippen LogP contribution in [0.4, 0.5) is 11.4 Å². The standard InChI is InChI=1S/C18H14Cl2N4O2/c19-12-5-1-3-7-14(12)21-17(25)11-24-10-9-16(23-24)18(26)22-15-8-4-2-6-13(15)20/h1-10H,11H2,(H,21,25)(H,22,26). The van der Waals surface area contributed by atoms with Gasteiger partial charge in [0.1, 0.15) is 6.54 Å². The van der Waals surface area contributed by atoms with E-state index in [-0.39, 0.29) is 18.1 Å². The van der Waals surface area contributed by atoms with Crippen LogP contribution in [0, 0.1) is 0 Å². The van der Waals surface area contributed by atoms with Gasteiger partial charge >= 0.3 is 0 Å². The number of carbonyl (C=O) groups is 2. The van der Waals surface area contributed by atoms with E-state index in [4.69, 9.17) is 23.2 Å². The summed E-state index contributed by atoms with van der Waals surface area (Å²) in [6, 6.07) is 15.3. The van der Waals surface area contributed by atoms with Crippen LogP contribution in [-0.2, 0) is 11.3 Å². The zero-order valence-electron chi connectivity index (χ0n) is 13.4. The van der Waals surface area contributed by atoms with Crippen LogP contribution in [0.15, 0.2) is 60.8 Å². The largest absolute Gasteiger partial charge is 0.323 e. The molecule has 0 unspecified atom stereocenters. The molecule has 1 heterocycles. The molecule has 0 atom stereocenters. The van der Waals surface area contributed by atoms with Gasteiger partial charge in [0.05, 0.1) is 21.4 Å². The van der Waals surface area contributed by atoms with Crippen LogP contribution in [0.5, 0.6) is 0 Å². The zero-order valence-corrected chi connectivity index (χ0v) is 15.0. The maximum atomic E-state index is 12.2. The van der Waals surface area contributed by atoms with E-state index in [1.807, 2.05) is 0 Å². The van der Waals surface area contributed by atoms with Gasteiger partial charge in [-0.25, -0.2) is 0 Å². The lowest BCUT2D eigenvalue weighted by Gasteiger charge is -2.07. The van der Waals surface area contributed by atoms with Crippen LogP contribution >= 0.6 is 23.2 Å². The Bertz CT molecular complexity index is 956. The van der Waals surface area contributed by atoms with E-state index in [1.165, 1.54) is 10.7 Å². The molecular weight excluding hydrogens is 375 g/mol. The predicted octanol–water partition coefficient (Wildman–Crippen LogP) is 4.08. The van der Waals surface area contributed by atoms with Crippen molar-refractivity contribution in [3.63, 3.8) is 0 Å². The summed E-state index contributed by atoms with van der Waals surface area (Å²) >= 11 is 12.0. The monoisotopic (exact) mass is 388 g/mol. The van der Waals surface area contributed by atoms with Gasteiger partial charge in [-0.2, -0.15) is 5.10 Å². The molecule has 0 aliphatic heterocycles. The molecule has 2 amide bonds. The Hall–Kier alpha value is -2.83. The van der Waals surface area contributed by atoms with E-state index in [0.29, 0.717) is 21.4 Å². The van der Waals surface area contributed by atoms with Crippen molar-refractivity contribution < 1.29 is 9.59 Å². The van der Waals surface area contributed by atoms with Crippen molar-refractivity contribution in [3.05, 3.63) is 76.5 Å². The lowest BCUT2D eigenvalue weighted by molar-refractivity contribution is -0.116. The third-order valence-electron chi connectivity index (χ3n) is 3.45. The van der Waals surface area contributed by atoms with Gasteiger partial charge in [-0.3, -0.25) is 14.3 Å². The SMILES string of the molecule is O=C(Cn1ccc(C(=O)Nc2ccccc2Cl)n1)Nc1ccccc1Cl.